The predicted molar refractivity (Wildman–Crippen MR) is 179 cm³/mol. The van der Waals surface area contributed by atoms with Gasteiger partial charge in [-0.2, -0.15) is 0 Å². The Labute approximate surface area is 255 Å². The molecule has 0 aliphatic heterocycles. The van der Waals surface area contributed by atoms with Gasteiger partial charge >= 0.3 is 0 Å². The molecule has 0 aliphatic carbocycles. The summed E-state index contributed by atoms with van der Waals surface area (Å²) in [6, 6.07) is 41.4. The fraction of sp³-hybridized carbons (Fsp3) is 0. The summed E-state index contributed by atoms with van der Waals surface area (Å²) in [7, 11) is 0. The molecule has 45 heavy (non-hydrogen) atoms. The molecule has 0 unspecified atom stereocenters. The fourth-order valence-corrected chi connectivity index (χ4v) is 6.74. The van der Waals surface area contributed by atoms with Gasteiger partial charge in [-0.05, 0) is 42.5 Å². The van der Waals surface area contributed by atoms with Gasteiger partial charge in [-0.15, -0.1) is 0 Å². The smallest absolute Gasteiger partial charge is 0.236 e. The number of para-hydroxylation sites is 3. The highest BCUT2D eigenvalue weighted by Gasteiger charge is 2.23. The molecular weight excluding hydrogens is 556 g/mol. The molecule has 0 bridgehead atoms. The summed E-state index contributed by atoms with van der Waals surface area (Å²) in [5.74, 6) is 1.21. The van der Waals surface area contributed by atoms with Gasteiger partial charge in [0.05, 0.1) is 22.1 Å². The van der Waals surface area contributed by atoms with Crippen LogP contribution in [-0.2, 0) is 0 Å². The Kier molecular flexibility index (Phi) is 4.87. The van der Waals surface area contributed by atoms with E-state index in [-0.39, 0.29) is 0 Å². The molecule has 0 spiro atoms. The van der Waals surface area contributed by atoms with E-state index >= 15 is 0 Å². The van der Waals surface area contributed by atoms with Crippen molar-refractivity contribution in [3.05, 3.63) is 134 Å². The minimum atomic E-state index is 0.581. The molecule has 7 nitrogen and oxygen atoms in total. The second kappa shape index (κ2) is 9.08. The van der Waals surface area contributed by atoms with Crippen molar-refractivity contribution in [2.75, 3.05) is 0 Å². The van der Waals surface area contributed by atoms with Crippen LogP contribution in [0.2, 0.25) is 0 Å². The van der Waals surface area contributed by atoms with Crippen LogP contribution < -0.4 is 0 Å². The lowest BCUT2D eigenvalue weighted by Gasteiger charge is -2.10. The molecule has 0 saturated heterocycles. The van der Waals surface area contributed by atoms with Gasteiger partial charge in [-0.1, -0.05) is 78.9 Å². The Morgan fingerprint density at radius 1 is 0.467 bits per heavy atom. The van der Waals surface area contributed by atoms with Crippen LogP contribution >= 0.6 is 0 Å². The van der Waals surface area contributed by atoms with Gasteiger partial charge in [-0.3, -0.25) is 9.13 Å². The summed E-state index contributed by atoms with van der Waals surface area (Å²) >= 11 is 0. The van der Waals surface area contributed by atoms with Crippen molar-refractivity contribution in [2.24, 2.45) is 0 Å². The summed E-state index contributed by atoms with van der Waals surface area (Å²) < 4.78 is 10.7. The number of nitrogens with zero attached hydrogens (tertiary/aromatic N) is 6. The van der Waals surface area contributed by atoms with Crippen molar-refractivity contribution in [1.82, 2.24) is 29.1 Å². The molecule has 5 aromatic heterocycles. The Bertz CT molecular complexity index is 2760. The highest BCUT2D eigenvalue weighted by Crippen LogP contribution is 2.40. The predicted octanol–water partition coefficient (Wildman–Crippen LogP) is 9.03. The van der Waals surface area contributed by atoms with E-state index in [9.17, 15) is 0 Å². The van der Waals surface area contributed by atoms with Crippen LogP contribution in [0.15, 0.2) is 138 Å². The molecule has 0 radical (unpaired) electrons. The van der Waals surface area contributed by atoms with E-state index in [1.54, 1.807) is 12.4 Å². The maximum Gasteiger partial charge on any atom is 0.236 e. The number of benzene rings is 5. The van der Waals surface area contributed by atoms with Crippen LogP contribution in [0.25, 0.3) is 88.8 Å². The first-order chi connectivity index (χ1) is 22.3. The van der Waals surface area contributed by atoms with E-state index < -0.39 is 0 Å². The Morgan fingerprint density at radius 3 is 1.78 bits per heavy atom. The van der Waals surface area contributed by atoms with E-state index in [1.807, 2.05) is 42.5 Å². The van der Waals surface area contributed by atoms with Gasteiger partial charge in [0.1, 0.15) is 16.8 Å². The number of furan rings is 1. The monoisotopic (exact) mass is 578 g/mol. The molecule has 0 aliphatic rings. The lowest BCUT2D eigenvalue weighted by molar-refractivity contribution is 0.666. The van der Waals surface area contributed by atoms with Crippen molar-refractivity contribution in [3.8, 4) is 23.2 Å². The van der Waals surface area contributed by atoms with Crippen LogP contribution in [0.4, 0.5) is 0 Å². The van der Waals surface area contributed by atoms with E-state index in [2.05, 4.69) is 98.0 Å². The maximum atomic E-state index is 6.39. The molecule has 5 aromatic carbocycles. The largest absolute Gasteiger partial charge is 0.452 e. The molecule has 10 aromatic rings. The van der Waals surface area contributed by atoms with Crippen molar-refractivity contribution in [3.63, 3.8) is 0 Å². The van der Waals surface area contributed by atoms with Gasteiger partial charge in [0.2, 0.25) is 11.9 Å². The van der Waals surface area contributed by atoms with E-state index in [0.717, 1.165) is 71.4 Å². The molecule has 10 rings (SSSR count). The lowest BCUT2D eigenvalue weighted by atomic mass is 10.1. The third-order valence-electron chi connectivity index (χ3n) is 8.67. The van der Waals surface area contributed by atoms with Crippen molar-refractivity contribution in [2.45, 2.75) is 0 Å². The lowest BCUT2D eigenvalue weighted by Crippen LogP contribution is -2.03. The van der Waals surface area contributed by atoms with Gasteiger partial charge in [0.15, 0.2) is 5.58 Å². The molecule has 210 valence electrons. The zero-order valence-corrected chi connectivity index (χ0v) is 23.8. The Morgan fingerprint density at radius 2 is 1.07 bits per heavy atom. The van der Waals surface area contributed by atoms with Gasteiger partial charge in [-0.25, -0.2) is 19.9 Å². The molecule has 0 atom stereocenters. The number of aromatic nitrogens is 6. The highest BCUT2D eigenvalue weighted by molar-refractivity contribution is 6.19. The minimum absolute atomic E-state index is 0.581. The van der Waals surface area contributed by atoms with E-state index in [0.29, 0.717) is 17.5 Å². The SMILES string of the molecule is c1ccc(-c2nc(-n3c4ccccc4c4cc5c6ccccc6n(-c6ncccn6)c5cc43)nc3c2oc2ccccc23)cc1. The van der Waals surface area contributed by atoms with Crippen LogP contribution in [0.5, 0.6) is 0 Å². The molecule has 0 fully saturated rings. The molecule has 7 heteroatoms. The topological polar surface area (TPSA) is 74.6 Å². The molecule has 0 N–H and O–H groups in total. The maximum absolute atomic E-state index is 6.39. The van der Waals surface area contributed by atoms with Crippen molar-refractivity contribution in [1.29, 1.82) is 0 Å². The average molecular weight is 579 g/mol. The van der Waals surface area contributed by atoms with E-state index in [1.165, 1.54) is 0 Å². The van der Waals surface area contributed by atoms with E-state index in [4.69, 9.17) is 14.4 Å². The van der Waals surface area contributed by atoms with Crippen molar-refractivity contribution >= 4 is 65.7 Å². The summed E-state index contributed by atoms with van der Waals surface area (Å²) in [5, 5.41) is 5.49. The highest BCUT2D eigenvalue weighted by atomic mass is 16.3. The average Bonchev–Trinajstić information content (AvgIpc) is 3.75. The summed E-state index contributed by atoms with van der Waals surface area (Å²) in [4.78, 5) is 19.7. The quantitative estimate of drug-likeness (QED) is 0.209. The second-order valence-electron chi connectivity index (χ2n) is 11.2. The molecule has 0 saturated carbocycles. The van der Waals surface area contributed by atoms with Gasteiger partial charge in [0.25, 0.3) is 0 Å². The molecule has 5 heterocycles. The second-order valence-corrected chi connectivity index (χ2v) is 11.2. The normalized spacial score (nSPS) is 12.0. The molecular formula is C38H22N6O. The van der Waals surface area contributed by atoms with Crippen LogP contribution in [0.3, 0.4) is 0 Å². The summed E-state index contributed by atoms with van der Waals surface area (Å²) in [6.45, 7) is 0. The first-order valence-electron chi connectivity index (χ1n) is 14.8. The zero-order valence-electron chi connectivity index (χ0n) is 23.8. The first kappa shape index (κ1) is 24.1. The summed E-state index contributed by atoms with van der Waals surface area (Å²) in [5.41, 5.74) is 8.05. The van der Waals surface area contributed by atoms with Crippen molar-refractivity contribution < 1.29 is 4.42 Å². The first-order valence-corrected chi connectivity index (χ1v) is 14.8. The number of hydrogen-bond acceptors (Lipinski definition) is 5. The summed E-state index contributed by atoms with van der Waals surface area (Å²) in [6.07, 6.45) is 3.56. The molecule has 0 amide bonds. The Hall–Kier alpha value is -6.34. The number of rotatable bonds is 3. The standard InChI is InChI=1S/C38H22N6O/c1-2-11-23(12-3-1)34-36-35(26-15-6-9-18-33(26)45-36)42-38(41-34)44-30-17-8-5-14-25(30)28-21-27-24-13-4-7-16-29(24)43(31(27)22-32(28)44)37-39-19-10-20-40-37/h1-22H. The van der Waals surface area contributed by atoms with Gasteiger partial charge < -0.3 is 4.42 Å². The number of fused-ring (bicyclic) bond motifs is 9. The van der Waals surface area contributed by atoms with Crippen LogP contribution in [0, 0.1) is 0 Å². The number of hydrogen-bond donors (Lipinski definition) is 0. The van der Waals surface area contributed by atoms with Gasteiger partial charge in [0, 0.05) is 44.9 Å². The Balaban J connectivity index is 1.37. The third kappa shape index (κ3) is 3.40. The zero-order chi connectivity index (χ0) is 29.5. The van der Waals surface area contributed by atoms with Crippen LogP contribution in [-0.4, -0.2) is 29.1 Å². The third-order valence-corrected chi connectivity index (χ3v) is 8.67. The minimum Gasteiger partial charge on any atom is -0.452 e. The fourth-order valence-electron chi connectivity index (χ4n) is 6.74. The van der Waals surface area contributed by atoms with Crippen LogP contribution in [0.1, 0.15) is 0 Å².